The van der Waals surface area contributed by atoms with E-state index in [1.54, 1.807) is 11.1 Å². The van der Waals surface area contributed by atoms with Gasteiger partial charge in [0.1, 0.15) is 0 Å². The van der Waals surface area contributed by atoms with Crippen molar-refractivity contribution in [2.45, 2.75) is 19.4 Å². The highest BCUT2D eigenvalue weighted by atomic mass is 16.2. The van der Waals surface area contributed by atoms with E-state index in [9.17, 15) is 9.59 Å². The first-order valence-corrected chi connectivity index (χ1v) is 9.35. The summed E-state index contributed by atoms with van der Waals surface area (Å²) in [6.45, 7) is 2.40. The van der Waals surface area contributed by atoms with Crippen molar-refractivity contribution in [3.63, 3.8) is 0 Å². The van der Waals surface area contributed by atoms with Gasteiger partial charge in [-0.1, -0.05) is 24.3 Å². The zero-order chi connectivity index (χ0) is 19.1. The second-order valence-corrected chi connectivity index (χ2v) is 6.90. The number of amides is 2. The van der Waals surface area contributed by atoms with E-state index in [-0.39, 0.29) is 24.2 Å². The van der Waals surface area contributed by atoms with Crippen molar-refractivity contribution in [3.8, 4) is 0 Å². The van der Waals surface area contributed by atoms with Gasteiger partial charge in [-0.3, -0.25) is 14.6 Å². The average molecular weight is 366 g/mol. The molecule has 1 aromatic carbocycles. The van der Waals surface area contributed by atoms with Crippen LogP contribution < -0.4 is 10.2 Å². The molecule has 27 heavy (non-hydrogen) atoms. The predicted molar refractivity (Wildman–Crippen MR) is 105 cm³/mol. The van der Waals surface area contributed by atoms with Crippen LogP contribution in [0.25, 0.3) is 0 Å². The number of likely N-dealkylation sites (tertiary alicyclic amines) is 1. The van der Waals surface area contributed by atoms with E-state index in [2.05, 4.69) is 27.3 Å². The molecule has 0 unspecified atom stereocenters. The maximum absolute atomic E-state index is 12.4. The standard InChI is InChI=1S/C21H26N4O2/c1-24(19-9-3-2-4-10-19)13-7-12-23-21(27)17-14-20(26)25(15-17)16-18-8-5-6-11-22-18/h2-6,8-11,17H,7,12-16H2,1H3,(H,23,27)/t17-/m0/s1. The van der Waals surface area contributed by atoms with Crippen molar-refractivity contribution in [1.29, 1.82) is 0 Å². The molecule has 1 atom stereocenters. The Morgan fingerprint density at radius 2 is 2.00 bits per heavy atom. The number of benzene rings is 1. The lowest BCUT2D eigenvalue weighted by Crippen LogP contribution is -2.34. The molecule has 1 aliphatic heterocycles. The SMILES string of the molecule is CN(CCCNC(=O)[C@H]1CC(=O)N(Cc2ccccn2)C1)c1ccccc1. The number of anilines is 1. The smallest absolute Gasteiger partial charge is 0.225 e. The summed E-state index contributed by atoms with van der Waals surface area (Å²) in [6, 6.07) is 15.8. The maximum Gasteiger partial charge on any atom is 0.225 e. The second kappa shape index (κ2) is 9.16. The zero-order valence-electron chi connectivity index (χ0n) is 15.7. The minimum Gasteiger partial charge on any atom is -0.375 e. The molecular weight excluding hydrogens is 340 g/mol. The number of para-hydroxylation sites is 1. The van der Waals surface area contributed by atoms with Gasteiger partial charge < -0.3 is 15.1 Å². The van der Waals surface area contributed by atoms with Crippen LogP contribution in [-0.2, 0) is 16.1 Å². The Labute approximate surface area is 160 Å². The van der Waals surface area contributed by atoms with Crippen LogP contribution in [0.2, 0.25) is 0 Å². The molecule has 2 amide bonds. The fourth-order valence-corrected chi connectivity index (χ4v) is 3.27. The van der Waals surface area contributed by atoms with Gasteiger partial charge in [0.15, 0.2) is 0 Å². The van der Waals surface area contributed by atoms with Crippen LogP contribution in [0, 0.1) is 5.92 Å². The predicted octanol–water partition coefficient (Wildman–Crippen LogP) is 2.07. The molecule has 142 valence electrons. The minimum atomic E-state index is -0.270. The van der Waals surface area contributed by atoms with E-state index in [1.807, 2.05) is 43.4 Å². The second-order valence-electron chi connectivity index (χ2n) is 6.90. The summed E-state index contributed by atoms with van der Waals surface area (Å²) in [7, 11) is 2.04. The number of aromatic nitrogens is 1. The molecule has 6 heteroatoms. The van der Waals surface area contributed by atoms with E-state index < -0.39 is 0 Å². The van der Waals surface area contributed by atoms with Crippen LogP contribution in [0.1, 0.15) is 18.5 Å². The first-order valence-electron chi connectivity index (χ1n) is 9.35. The minimum absolute atomic E-state index is 0.0182. The Balaban J connectivity index is 1.39. The van der Waals surface area contributed by atoms with Crippen LogP contribution >= 0.6 is 0 Å². The molecular formula is C21H26N4O2. The normalized spacial score (nSPS) is 16.4. The number of nitrogens with zero attached hydrogens (tertiary/aromatic N) is 3. The lowest BCUT2D eigenvalue weighted by molar-refractivity contribution is -0.129. The summed E-state index contributed by atoms with van der Waals surface area (Å²) in [5.74, 6) is -0.285. The largest absolute Gasteiger partial charge is 0.375 e. The number of carbonyl (C=O) groups is 2. The first-order chi connectivity index (χ1) is 13.1. The van der Waals surface area contributed by atoms with Gasteiger partial charge in [0.05, 0.1) is 18.2 Å². The molecule has 1 aromatic heterocycles. The van der Waals surface area contributed by atoms with E-state index in [0.717, 1.165) is 24.3 Å². The van der Waals surface area contributed by atoms with Crippen LogP contribution in [0.3, 0.4) is 0 Å². The molecule has 3 rings (SSSR count). The molecule has 6 nitrogen and oxygen atoms in total. The molecule has 1 saturated heterocycles. The Kier molecular flexibility index (Phi) is 6.41. The lowest BCUT2D eigenvalue weighted by Gasteiger charge is -2.19. The van der Waals surface area contributed by atoms with Crippen molar-refractivity contribution in [2.24, 2.45) is 5.92 Å². The molecule has 0 bridgehead atoms. The van der Waals surface area contributed by atoms with Crippen molar-refractivity contribution in [2.75, 3.05) is 31.6 Å². The van der Waals surface area contributed by atoms with E-state index in [4.69, 9.17) is 0 Å². The third kappa shape index (κ3) is 5.29. The maximum atomic E-state index is 12.4. The molecule has 1 fully saturated rings. The van der Waals surface area contributed by atoms with Crippen molar-refractivity contribution >= 4 is 17.5 Å². The number of pyridine rings is 1. The highest BCUT2D eigenvalue weighted by molar-refractivity contribution is 5.89. The van der Waals surface area contributed by atoms with Crippen molar-refractivity contribution < 1.29 is 9.59 Å². The molecule has 1 aliphatic rings. The molecule has 0 spiro atoms. The van der Waals surface area contributed by atoms with Crippen LogP contribution in [0.15, 0.2) is 54.7 Å². The Morgan fingerprint density at radius 1 is 1.22 bits per heavy atom. The highest BCUT2D eigenvalue weighted by Gasteiger charge is 2.34. The third-order valence-corrected chi connectivity index (χ3v) is 4.83. The number of nitrogens with one attached hydrogen (secondary N) is 1. The summed E-state index contributed by atoms with van der Waals surface area (Å²) in [6.07, 6.45) is 2.85. The third-order valence-electron chi connectivity index (χ3n) is 4.83. The monoisotopic (exact) mass is 366 g/mol. The number of rotatable bonds is 8. The molecule has 0 aliphatic carbocycles. The van der Waals surface area contributed by atoms with Gasteiger partial charge in [-0.25, -0.2) is 0 Å². The van der Waals surface area contributed by atoms with Gasteiger partial charge in [-0.15, -0.1) is 0 Å². The molecule has 0 radical (unpaired) electrons. The van der Waals surface area contributed by atoms with E-state index in [1.165, 1.54) is 0 Å². The fraction of sp³-hybridized carbons (Fsp3) is 0.381. The van der Waals surface area contributed by atoms with E-state index in [0.29, 0.717) is 19.6 Å². The molecule has 2 aromatic rings. The van der Waals surface area contributed by atoms with Crippen molar-refractivity contribution in [1.82, 2.24) is 15.2 Å². The average Bonchev–Trinajstić information content (AvgIpc) is 3.07. The van der Waals surface area contributed by atoms with Crippen LogP contribution in [-0.4, -0.2) is 48.4 Å². The summed E-state index contributed by atoms with van der Waals surface area (Å²) in [5.41, 5.74) is 2.01. The van der Waals surface area contributed by atoms with Gasteiger partial charge in [0.2, 0.25) is 11.8 Å². The topological polar surface area (TPSA) is 65.5 Å². The van der Waals surface area contributed by atoms with E-state index >= 15 is 0 Å². The highest BCUT2D eigenvalue weighted by Crippen LogP contribution is 2.20. The van der Waals surface area contributed by atoms with Gasteiger partial charge >= 0.3 is 0 Å². The molecule has 2 heterocycles. The molecule has 0 saturated carbocycles. The number of hydrogen-bond donors (Lipinski definition) is 1. The number of carbonyl (C=O) groups excluding carboxylic acids is 2. The van der Waals surface area contributed by atoms with Crippen LogP contribution in [0.4, 0.5) is 5.69 Å². The Morgan fingerprint density at radius 3 is 2.74 bits per heavy atom. The molecule has 1 N–H and O–H groups in total. The summed E-state index contributed by atoms with van der Waals surface area (Å²) >= 11 is 0. The Hall–Kier alpha value is -2.89. The summed E-state index contributed by atoms with van der Waals surface area (Å²) < 4.78 is 0. The van der Waals surface area contributed by atoms with Gasteiger partial charge in [0, 0.05) is 45.0 Å². The van der Waals surface area contributed by atoms with Gasteiger partial charge in [-0.2, -0.15) is 0 Å². The summed E-state index contributed by atoms with van der Waals surface area (Å²) in [4.78, 5) is 32.7. The lowest BCUT2D eigenvalue weighted by atomic mass is 10.1. The first kappa shape index (κ1) is 18.9. The summed E-state index contributed by atoms with van der Waals surface area (Å²) in [5, 5.41) is 2.98. The fourth-order valence-electron chi connectivity index (χ4n) is 3.27. The number of hydrogen-bond acceptors (Lipinski definition) is 4. The Bertz CT molecular complexity index is 751. The van der Waals surface area contributed by atoms with Gasteiger partial charge in [0.25, 0.3) is 0 Å². The van der Waals surface area contributed by atoms with Crippen molar-refractivity contribution in [3.05, 3.63) is 60.4 Å². The van der Waals surface area contributed by atoms with Crippen LogP contribution in [0.5, 0.6) is 0 Å². The quantitative estimate of drug-likeness (QED) is 0.727. The van der Waals surface area contributed by atoms with Gasteiger partial charge in [-0.05, 0) is 30.7 Å². The zero-order valence-corrected chi connectivity index (χ0v) is 15.7.